The molecular weight excluding hydrogens is 198 g/mol. The van der Waals surface area contributed by atoms with Gasteiger partial charge in [-0.15, -0.1) is 0 Å². The average Bonchev–Trinajstić information content (AvgIpc) is 2.93. The maximum atomic E-state index is 9.42. The highest BCUT2D eigenvalue weighted by Gasteiger charge is 2.54. The molecule has 1 aromatic carbocycles. The topological polar surface area (TPSA) is 46.2 Å². The number of benzene rings is 1. The van der Waals surface area contributed by atoms with Gasteiger partial charge in [0, 0.05) is 10.4 Å². The second kappa shape index (κ2) is 3.54. The minimum atomic E-state index is -0.160. The molecule has 1 aliphatic rings. The van der Waals surface area contributed by atoms with Crippen molar-refractivity contribution < 1.29 is 5.11 Å². The molecule has 2 nitrogen and oxygen atoms in total. The van der Waals surface area contributed by atoms with Crippen LogP contribution in [0.25, 0.3) is 0 Å². The molecule has 76 valence electrons. The van der Waals surface area contributed by atoms with Gasteiger partial charge in [0.25, 0.3) is 0 Å². The largest absolute Gasteiger partial charge is 0.395 e. The van der Waals surface area contributed by atoms with E-state index in [9.17, 15) is 5.11 Å². The van der Waals surface area contributed by atoms with Crippen LogP contribution in [0.2, 0.25) is 5.02 Å². The van der Waals surface area contributed by atoms with Gasteiger partial charge in [0.2, 0.25) is 0 Å². The summed E-state index contributed by atoms with van der Waals surface area (Å²) in [5.41, 5.74) is 6.50. The van der Waals surface area contributed by atoms with E-state index >= 15 is 0 Å². The number of nitrogens with two attached hydrogens (primary N) is 1. The zero-order valence-corrected chi connectivity index (χ0v) is 8.67. The van der Waals surface area contributed by atoms with Gasteiger partial charge in [-0.1, -0.05) is 29.8 Å². The Bertz CT molecular complexity index is 342. The molecule has 0 aliphatic heterocycles. The first kappa shape index (κ1) is 9.97. The van der Waals surface area contributed by atoms with Crippen molar-refractivity contribution in [2.45, 2.75) is 11.8 Å². The van der Waals surface area contributed by atoms with Gasteiger partial charge in [-0.25, -0.2) is 0 Å². The van der Waals surface area contributed by atoms with Crippen molar-refractivity contribution in [1.29, 1.82) is 0 Å². The van der Waals surface area contributed by atoms with E-state index in [1.807, 2.05) is 24.3 Å². The molecule has 0 amide bonds. The van der Waals surface area contributed by atoms with E-state index in [1.165, 1.54) is 0 Å². The van der Waals surface area contributed by atoms with Crippen molar-refractivity contribution in [3.05, 3.63) is 34.9 Å². The summed E-state index contributed by atoms with van der Waals surface area (Å²) in [6.07, 6.45) is 0.948. The van der Waals surface area contributed by atoms with Crippen LogP contribution in [-0.4, -0.2) is 18.3 Å². The molecule has 1 aromatic rings. The minimum absolute atomic E-state index is 0.137. The molecule has 2 atom stereocenters. The average molecular weight is 212 g/mol. The standard InChI is InChI=1S/C11H14ClNO/c12-10-4-2-1-3-9(10)11(7-14)5-8(11)6-13/h1-4,8,14H,5-7,13H2. The number of hydrogen-bond donors (Lipinski definition) is 2. The summed E-state index contributed by atoms with van der Waals surface area (Å²) in [4.78, 5) is 0. The molecule has 14 heavy (non-hydrogen) atoms. The van der Waals surface area contributed by atoms with E-state index in [0.717, 1.165) is 17.0 Å². The minimum Gasteiger partial charge on any atom is -0.395 e. The van der Waals surface area contributed by atoms with Crippen LogP contribution in [-0.2, 0) is 5.41 Å². The zero-order valence-electron chi connectivity index (χ0n) is 7.91. The summed E-state index contributed by atoms with van der Waals surface area (Å²) in [6, 6.07) is 7.69. The van der Waals surface area contributed by atoms with Gasteiger partial charge < -0.3 is 10.8 Å². The molecule has 3 heteroatoms. The molecule has 1 aliphatic carbocycles. The summed E-state index contributed by atoms with van der Waals surface area (Å²) >= 11 is 6.10. The summed E-state index contributed by atoms with van der Waals surface area (Å²) in [5.74, 6) is 0.382. The first-order valence-corrected chi connectivity index (χ1v) is 5.18. The SMILES string of the molecule is NCC1CC1(CO)c1ccccc1Cl. The van der Waals surface area contributed by atoms with E-state index in [-0.39, 0.29) is 12.0 Å². The number of aliphatic hydroxyl groups is 1. The van der Waals surface area contributed by atoms with Crippen molar-refractivity contribution in [3.63, 3.8) is 0 Å². The van der Waals surface area contributed by atoms with Crippen LogP contribution in [0, 0.1) is 5.92 Å². The van der Waals surface area contributed by atoms with Crippen LogP contribution in [0.4, 0.5) is 0 Å². The summed E-state index contributed by atoms with van der Waals surface area (Å²) < 4.78 is 0. The van der Waals surface area contributed by atoms with Gasteiger partial charge >= 0.3 is 0 Å². The lowest BCUT2D eigenvalue weighted by molar-refractivity contribution is 0.246. The van der Waals surface area contributed by atoms with Gasteiger partial charge in [0.05, 0.1) is 6.61 Å². The van der Waals surface area contributed by atoms with Crippen molar-refractivity contribution >= 4 is 11.6 Å². The Morgan fingerprint density at radius 2 is 2.21 bits per heavy atom. The second-order valence-corrected chi connectivity index (χ2v) is 4.34. The molecule has 0 radical (unpaired) electrons. The predicted molar refractivity (Wildman–Crippen MR) is 57.4 cm³/mol. The Morgan fingerprint density at radius 1 is 1.50 bits per heavy atom. The monoisotopic (exact) mass is 211 g/mol. The zero-order chi connectivity index (χ0) is 10.2. The van der Waals surface area contributed by atoms with E-state index in [0.29, 0.717) is 12.5 Å². The fourth-order valence-electron chi connectivity index (χ4n) is 2.16. The van der Waals surface area contributed by atoms with Crippen molar-refractivity contribution in [2.75, 3.05) is 13.2 Å². The number of hydrogen-bond acceptors (Lipinski definition) is 2. The molecule has 0 saturated heterocycles. The molecular formula is C11H14ClNO. The fourth-order valence-corrected chi connectivity index (χ4v) is 2.49. The molecule has 0 heterocycles. The Labute approximate surface area is 88.7 Å². The summed E-state index contributed by atoms with van der Waals surface area (Å²) in [5, 5.41) is 10.2. The van der Waals surface area contributed by atoms with E-state index in [4.69, 9.17) is 17.3 Å². The second-order valence-electron chi connectivity index (χ2n) is 3.93. The Balaban J connectivity index is 2.35. The lowest BCUT2D eigenvalue weighted by atomic mass is 9.94. The van der Waals surface area contributed by atoms with Crippen molar-refractivity contribution in [1.82, 2.24) is 0 Å². The van der Waals surface area contributed by atoms with Crippen LogP contribution < -0.4 is 5.73 Å². The number of rotatable bonds is 3. The van der Waals surface area contributed by atoms with Crippen molar-refractivity contribution in [3.8, 4) is 0 Å². The van der Waals surface area contributed by atoms with E-state index in [1.54, 1.807) is 0 Å². The Kier molecular flexibility index (Phi) is 2.52. The summed E-state index contributed by atoms with van der Waals surface area (Å²) in [6.45, 7) is 0.754. The van der Waals surface area contributed by atoms with Crippen LogP contribution in [0.1, 0.15) is 12.0 Å². The molecule has 0 bridgehead atoms. The van der Waals surface area contributed by atoms with Crippen LogP contribution in [0.15, 0.2) is 24.3 Å². The third-order valence-electron chi connectivity index (χ3n) is 3.21. The number of aliphatic hydroxyl groups excluding tert-OH is 1. The van der Waals surface area contributed by atoms with E-state index in [2.05, 4.69) is 0 Å². The third kappa shape index (κ3) is 1.34. The van der Waals surface area contributed by atoms with Crippen LogP contribution in [0.3, 0.4) is 0 Å². The molecule has 1 fully saturated rings. The number of halogens is 1. The highest BCUT2D eigenvalue weighted by molar-refractivity contribution is 6.31. The smallest absolute Gasteiger partial charge is 0.0531 e. The lowest BCUT2D eigenvalue weighted by Gasteiger charge is -2.15. The summed E-state index contributed by atoms with van der Waals surface area (Å²) in [7, 11) is 0. The molecule has 1 saturated carbocycles. The highest BCUT2D eigenvalue weighted by atomic mass is 35.5. The van der Waals surface area contributed by atoms with Gasteiger partial charge in [0.15, 0.2) is 0 Å². The third-order valence-corrected chi connectivity index (χ3v) is 3.54. The van der Waals surface area contributed by atoms with Crippen LogP contribution >= 0.6 is 11.6 Å². The molecule has 3 N–H and O–H groups in total. The fraction of sp³-hybridized carbons (Fsp3) is 0.455. The van der Waals surface area contributed by atoms with Crippen LogP contribution in [0.5, 0.6) is 0 Å². The quantitative estimate of drug-likeness (QED) is 0.797. The highest BCUT2D eigenvalue weighted by Crippen LogP contribution is 2.54. The first-order valence-electron chi connectivity index (χ1n) is 4.80. The Hall–Kier alpha value is -0.570. The first-order chi connectivity index (χ1) is 6.74. The van der Waals surface area contributed by atoms with Gasteiger partial charge in [-0.2, -0.15) is 0 Å². The maximum absolute atomic E-state index is 9.42. The Morgan fingerprint density at radius 3 is 2.71 bits per heavy atom. The van der Waals surface area contributed by atoms with Crippen molar-refractivity contribution in [2.24, 2.45) is 11.7 Å². The molecule has 2 rings (SSSR count). The normalized spacial score (nSPS) is 30.4. The van der Waals surface area contributed by atoms with Gasteiger partial charge in [0.1, 0.15) is 0 Å². The molecule has 2 unspecified atom stereocenters. The predicted octanol–water partition coefficient (Wildman–Crippen LogP) is 1.55. The molecule has 0 spiro atoms. The molecule has 0 aromatic heterocycles. The maximum Gasteiger partial charge on any atom is 0.0531 e. The van der Waals surface area contributed by atoms with Gasteiger partial charge in [-0.3, -0.25) is 0 Å². The van der Waals surface area contributed by atoms with E-state index < -0.39 is 0 Å². The lowest BCUT2D eigenvalue weighted by Crippen LogP contribution is -2.19. The van der Waals surface area contributed by atoms with Gasteiger partial charge in [-0.05, 0) is 30.5 Å².